The van der Waals surface area contributed by atoms with Crippen molar-refractivity contribution in [2.45, 2.75) is 36.7 Å². The highest BCUT2D eigenvalue weighted by atomic mass is 32.2. The number of hydrogen-bond acceptors (Lipinski definition) is 3. The molecule has 0 bridgehead atoms. The lowest BCUT2D eigenvalue weighted by atomic mass is 10.2. The van der Waals surface area contributed by atoms with E-state index in [1.54, 1.807) is 0 Å². The minimum atomic E-state index is 0.566. The van der Waals surface area contributed by atoms with Crippen LogP contribution in [0.15, 0.2) is 35.2 Å². The number of hydrogen-bond donors (Lipinski definition) is 1. The Morgan fingerprint density at radius 3 is 2.88 bits per heavy atom. The zero-order valence-corrected chi connectivity index (χ0v) is 11.2. The van der Waals surface area contributed by atoms with Crippen LogP contribution in [0.5, 0.6) is 0 Å². The first-order valence-corrected chi connectivity index (χ1v) is 7.38. The van der Waals surface area contributed by atoms with Crippen molar-refractivity contribution in [1.29, 1.82) is 0 Å². The van der Waals surface area contributed by atoms with E-state index >= 15 is 0 Å². The predicted molar refractivity (Wildman–Crippen MR) is 73.6 cm³/mol. The summed E-state index contributed by atoms with van der Waals surface area (Å²) in [5.41, 5.74) is 0. The van der Waals surface area contributed by atoms with Crippen LogP contribution < -0.4 is 5.32 Å². The average Bonchev–Trinajstić information content (AvgIpc) is 2.88. The van der Waals surface area contributed by atoms with Crippen molar-refractivity contribution in [1.82, 2.24) is 5.32 Å². The number of nitrogens with one attached hydrogen (secondary N) is 1. The third-order valence-corrected chi connectivity index (χ3v) is 4.26. The molecule has 1 saturated heterocycles. The molecule has 1 fully saturated rings. The summed E-state index contributed by atoms with van der Waals surface area (Å²) in [6, 6.07) is 11.8. The summed E-state index contributed by atoms with van der Waals surface area (Å²) in [6.45, 7) is 4.05. The smallest absolute Gasteiger partial charge is 0.0620 e. The summed E-state index contributed by atoms with van der Waals surface area (Å²) in [5.74, 6) is 1.14. The van der Waals surface area contributed by atoms with E-state index in [2.05, 4.69) is 42.6 Å². The molecule has 0 radical (unpaired) electrons. The second-order valence-electron chi connectivity index (χ2n) is 4.46. The summed E-state index contributed by atoms with van der Waals surface area (Å²) in [4.78, 5) is 1.36. The number of ether oxygens (including phenoxy) is 1. The molecule has 0 saturated carbocycles. The molecule has 1 aliphatic heterocycles. The molecule has 3 heteroatoms. The maximum atomic E-state index is 5.40. The minimum Gasteiger partial charge on any atom is -0.380 e. The fourth-order valence-corrected chi connectivity index (χ4v) is 3.07. The van der Waals surface area contributed by atoms with E-state index in [1.807, 2.05) is 11.8 Å². The molecule has 94 valence electrons. The molecule has 1 heterocycles. The van der Waals surface area contributed by atoms with Crippen LogP contribution >= 0.6 is 11.8 Å². The highest BCUT2D eigenvalue weighted by molar-refractivity contribution is 7.99. The number of thioether (sulfide) groups is 1. The number of rotatable bonds is 6. The van der Waals surface area contributed by atoms with Gasteiger partial charge in [0.2, 0.25) is 0 Å². The van der Waals surface area contributed by atoms with Crippen LogP contribution in [-0.4, -0.2) is 31.1 Å². The van der Waals surface area contributed by atoms with Gasteiger partial charge < -0.3 is 10.1 Å². The van der Waals surface area contributed by atoms with Gasteiger partial charge in [0.25, 0.3) is 0 Å². The van der Waals surface area contributed by atoms with Gasteiger partial charge in [0, 0.05) is 29.3 Å². The molecule has 0 unspecified atom stereocenters. The Kier molecular flexibility index (Phi) is 5.36. The lowest BCUT2D eigenvalue weighted by Crippen LogP contribution is -2.39. The van der Waals surface area contributed by atoms with Crippen molar-refractivity contribution < 1.29 is 4.74 Å². The average molecular weight is 251 g/mol. The van der Waals surface area contributed by atoms with E-state index in [1.165, 1.54) is 11.3 Å². The molecule has 1 N–H and O–H groups in total. The first-order chi connectivity index (χ1) is 8.38. The first kappa shape index (κ1) is 12.9. The van der Waals surface area contributed by atoms with Crippen LogP contribution in [0.3, 0.4) is 0 Å². The molecule has 17 heavy (non-hydrogen) atoms. The molecule has 0 aliphatic carbocycles. The molecule has 1 aliphatic rings. The Hall–Kier alpha value is -0.510. The number of benzene rings is 1. The molecule has 0 spiro atoms. The Morgan fingerprint density at radius 1 is 1.41 bits per heavy atom. The molecule has 2 atom stereocenters. The van der Waals surface area contributed by atoms with Crippen molar-refractivity contribution in [3.05, 3.63) is 30.3 Å². The Morgan fingerprint density at radius 2 is 2.24 bits per heavy atom. The summed E-state index contributed by atoms with van der Waals surface area (Å²) in [6.07, 6.45) is 2.34. The van der Waals surface area contributed by atoms with Crippen molar-refractivity contribution in [3.63, 3.8) is 0 Å². The van der Waals surface area contributed by atoms with E-state index in [0.29, 0.717) is 12.1 Å². The third-order valence-electron chi connectivity index (χ3n) is 3.09. The predicted octanol–water partition coefficient (Wildman–Crippen LogP) is 2.94. The van der Waals surface area contributed by atoms with Gasteiger partial charge in [-0.15, -0.1) is 11.8 Å². The first-order valence-electron chi connectivity index (χ1n) is 6.40. The van der Waals surface area contributed by atoms with Crippen LogP contribution in [0.2, 0.25) is 0 Å². The molecule has 0 aromatic heterocycles. The van der Waals surface area contributed by atoms with Crippen LogP contribution in [-0.2, 0) is 4.74 Å². The van der Waals surface area contributed by atoms with Crippen molar-refractivity contribution in [3.8, 4) is 0 Å². The zero-order valence-electron chi connectivity index (χ0n) is 10.4. The van der Waals surface area contributed by atoms with E-state index in [-0.39, 0.29) is 0 Å². The van der Waals surface area contributed by atoms with Crippen LogP contribution in [0, 0.1) is 0 Å². The van der Waals surface area contributed by atoms with Gasteiger partial charge in [-0.25, -0.2) is 0 Å². The van der Waals surface area contributed by atoms with Crippen molar-refractivity contribution >= 4 is 11.8 Å². The highest BCUT2D eigenvalue weighted by Gasteiger charge is 2.18. The zero-order chi connectivity index (χ0) is 11.9. The van der Waals surface area contributed by atoms with Gasteiger partial charge in [0.15, 0.2) is 0 Å². The Bertz CT molecular complexity index is 311. The van der Waals surface area contributed by atoms with Gasteiger partial charge in [-0.3, -0.25) is 0 Å². The Labute approximate surface area is 108 Å². The molecule has 2 rings (SSSR count). The second-order valence-corrected chi connectivity index (χ2v) is 5.55. The van der Waals surface area contributed by atoms with Gasteiger partial charge in [-0.1, -0.05) is 25.1 Å². The fourth-order valence-electron chi connectivity index (χ4n) is 2.00. The van der Waals surface area contributed by atoms with Gasteiger partial charge >= 0.3 is 0 Å². The van der Waals surface area contributed by atoms with Gasteiger partial charge in [0.05, 0.1) is 6.61 Å². The topological polar surface area (TPSA) is 21.3 Å². The lowest BCUT2D eigenvalue weighted by molar-refractivity contribution is 0.188. The van der Waals surface area contributed by atoms with Crippen LogP contribution in [0.1, 0.15) is 19.8 Å². The third kappa shape index (κ3) is 4.34. The van der Waals surface area contributed by atoms with E-state index < -0.39 is 0 Å². The van der Waals surface area contributed by atoms with Gasteiger partial charge in [-0.2, -0.15) is 0 Å². The monoisotopic (exact) mass is 251 g/mol. The molecule has 1 aromatic rings. The van der Waals surface area contributed by atoms with Crippen molar-refractivity contribution in [2.75, 3.05) is 19.0 Å². The summed E-state index contributed by atoms with van der Waals surface area (Å²) < 4.78 is 5.40. The molecule has 2 nitrogen and oxygen atoms in total. The van der Waals surface area contributed by atoms with Crippen molar-refractivity contribution in [2.24, 2.45) is 0 Å². The van der Waals surface area contributed by atoms with E-state index in [9.17, 15) is 0 Å². The highest BCUT2D eigenvalue weighted by Crippen LogP contribution is 2.19. The standard InChI is InChI=1S/C14H21NOS/c1-2-12(15-13-8-9-16-10-13)11-17-14-6-4-3-5-7-14/h3-7,12-13,15H,2,8-11H2,1H3/t12-,13-/m1/s1. The van der Waals surface area contributed by atoms with Crippen LogP contribution in [0.4, 0.5) is 0 Å². The molecular weight excluding hydrogens is 230 g/mol. The Balaban J connectivity index is 1.75. The SMILES string of the molecule is CC[C@H](CSc1ccccc1)N[C@@H]1CCOC1. The summed E-state index contributed by atoms with van der Waals surface area (Å²) in [7, 11) is 0. The largest absolute Gasteiger partial charge is 0.380 e. The fraction of sp³-hybridized carbons (Fsp3) is 0.571. The summed E-state index contributed by atoms with van der Waals surface area (Å²) >= 11 is 1.93. The van der Waals surface area contributed by atoms with Gasteiger partial charge in [-0.05, 0) is 25.0 Å². The van der Waals surface area contributed by atoms with E-state index in [0.717, 1.165) is 25.4 Å². The maximum absolute atomic E-state index is 5.40. The van der Waals surface area contributed by atoms with Gasteiger partial charge in [0.1, 0.15) is 0 Å². The summed E-state index contributed by atoms with van der Waals surface area (Å²) in [5, 5.41) is 3.69. The molecule has 0 amide bonds. The maximum Gasteiger partial charge on any atom is 0.0620 e. The quantitative estimate of drug-likeness (QED) is 0.786. The second kappa shape index (κ2) is 7.04. The molecule has 1 aromatic carbocycles. The lowest BCUT2D eigenvalue weighted by Gasteiger charge is -2.20. The van der Waals surface area contributed by atoms with Crippen LogP contribution in [0.25, 0.3) is 0 Å². The minimum absolute atomic E-state index is 0.566. The van der Waals surface area contributed by atoms with E-state index in [4.69, 9.17) is 4.74 Å². The normalized spacial score (nSPS) is 21.6. The molecular formula is C14H21NOS.